The van der Waals surface area contributed by atoms with Gasteiger partial charge in [0.15, 0.2) is 11.0 Å². The van der Waals surface area contributed by atoms with Gasteiger partial charge in [-0.25, -0.2) is 13.0 Å². The van der Waals surface area contributed by atoms with Gasteiger partial charge in [0.2, 0.25) is 10.0 Å². The number of piperidine rings is 1. The van der Waals surface area contributed by atoms with Crippen molar-refractivity contribution in [2.24, 2.45) is 0 Å². The van der Waals surface area contributed by atoms with E-state index in [1.165, 1.54) is 16.1 Å². The molecular formula is C26H21ClN4O4S2. The molecule has 0 spiro atoms. The van der Waals surface area contributed by atoms with E-state index in [0.717, 1.165) is 15.8 Å². The maximum absolute atomic E-state index is 13.6. The lowest BCUT2D eigenvalue weighted by molar-refractivity contribution is -0.00960. The summed E-state index contributed by atoms with van der Waals surface area (Å²) in [5.41, 5.74) is 0.927. The topological polar surface area (TPSA) is 109 Å². The Morgan fingerprint density at radius 2 is 1.65 bits per heavy atom. The molecule has 2 aromatic heterocycles. The summed E-state index contributed by atoms with van der Waals surface area (Å²) in [5.74, 6) is 0. The van der Waals surface area contributed by atoms with Crippen LogP contribution in [0, 0.1) is 0 Å². The van der Waals surface area contributed by atoms with Crippen LogP contribution >= 0.6 is 23.4 Å². The van der Waals surface area contributed by atoms with Crippen molar-refractivity contribution >= 4 is 55.3 Å². The summed E-state index contributed by atoms with van der Waals surface area (Å²) in [6.45, 7) is 0.298. The predicted molar refractivity (Wildman–Crippen MR) is 141 cm³/mol. The summed E-state index contributed by atoms with van der Waals surface area (Å²) in [6, 6.07) is 20.1. The number of aromatic nitrogens is 3. The molecule has 6 rings (SSSR count). The fourth-order valence-electron chi connectivity index (χ4n) is 4.69. The average Bonchev–Trinajstić information content (AvgIpc) is 3.40. The van der Waals surface area contributed by atoms with Crippen LogP contribution in [0.15, 0.2) is 92.2 Å². The fraction of sp³-hybridized carbons (Fsp3) is 0.192. The Balaban J connectivity index is 1.29. The molecule has 3 aromatic carbocycles. The Morgan fingerprint density at radius 1 is 0.919 bits per heavy atom. The van der Waals surface area contributed by atoms with Crippen LogP contribution in [0.5, 0.6) is 0 Å². The van der Waals surface area contributed by atoms with Crippen LogP contribution in [0.4, 0.5) is 0 Å². The summed E-state index contributed by atoms with van der Waals surface area (Å²) in [7, 11) is -3.91. The third kappa shape index (κ3) is 4.38. The molecule has 3 heterocycles. The number of nitrogens with zero attached hydrogens (tertiary/aromatic N) is 4. The zero-order valence-electron chi connectivity index (χ0n) is 19.4. The molecule has 0 aliphatic carbocycles. The molecule has 0 bridgehead atoms. The van der Waals surface area contributed by atoms with Crippen molar-refractivity contribution < 1.29 is 18.2 Å². The Morgan fingerprint density at radius 3 is 2.46 bits per heavy atom. The number of sulfonamides is 1. The molecule has 5 aromatic rings. The molecule has 1 aliphatic heterocycles. The van der Waals surface area contributed by atoms with Crippen molar-refractivity contribution in [1.82, 2.24) is 19.6 Å². The number of para-hydroxylation sites is 1. The van der Waals surface area contributed by atoms with Crippen LogP contribution in [0.3, 0.4) is 0 Å². The van der Waals surface area contributed by atoms with E-state index in [2.05, 4.69) is 15.3 Å². The first-order valence-corrected chi connectivity index (χ1v) is 14.2. The normalized spacial score (nSPS) is 16.4. The number of pyridine rings is 1. The first-order valence-electron chi connectivity index (χ1n) is 11.6. The van der Waals surface area contributed by atoms with Gasteiger partial charge in [-0.15, -0.1) is 0 Å². The molecular weight excluding hydrogens is 532 g/mol. The van der Waals surface area contributed by atoms with Gasteiger partial charge in [0.25, 0.3) is 0 Å². The Bertz CT molecular complexity index is 1730. The van der Waals surface area contributed by atoms with Gasteiger partial charge < -0.3 is 5.11 Å². The molecule has 188 valence electrons. The van der Waals surface area contributed by atoms with E-state index in [4.69, 9.17) is 16.2 Å². The second kappa shape index (κ2) is 9.38. The molecule has 1 N–H and O–H groups in total. The Kier molecular flexibility index (Phi) is 6.16. The SMILES string of the molecule is O=S(=O)(c1ccc(Sc2cccc3cccnc23)c2nonc12)N1CCC(O)(c2cccc(Cl)c2)CC1. The van der Waals surface area contributed by atoms with Gasteiger partial charge in [-0.2, -0.15) is 4.31 Å². The molecule has 37 heavy (non-hydrogen) atoms. The minimum Gasteiger partial charge on any atom is -0.385 e. The molecule has 0 amide bonds. The van der Waals surface area contributed by atoms with E-state index < -0.39 is 15.6 Å². The monoisotopic (exact) mass is 552 g/mol. The van der Waals surface area contributed by atoms with E-state index in [0.29, 0.717) is 21.0 Å². The predicted octanol–water partition coefficient (Wildman–Crippen LogP) is 5.25. The average molecular weight is 553 g/mol. The van der Waals surface area contributed by atoms with E-state index in [-0.39, 0.29) is 36.3 Å². The highest BCUT2D eigenvalue weighted by Crippen LogP contribution is 2.39. The quantitative estimate of drug-likeness (QED) is 0.315. The lowest BCUT2D eigenvalue weighted by atomic mass is 9.85. The first-order chi connectivity index (χ1) is 17.8. The second-order valence-electron chi connectivity index (χ2n) is 8.90. The molecule has 1 fully saturated rings. The summed E-state index contributed by atoms with van der Waals surface area (Å²) in [6.07, 6.45) is 2.23. The second-order valence-corrected chi connectivity index (χ2v) is 12.3. The Labute approximate surface area is 222 Å². The van der Waals surface area contributed by atoms with Gasteiger partial charge in [0.1, 0.15) is 4.90 Å². The van der Waals surface area contributed by atoms with E-state index in [9.17, 15) is 13.5 Å². The highest BCUT2D eigenvalue weighted by atomic mass is 35.5. The lowest BCUT2D eigenvalue weighted by Gasteiger charge is -2.38. The largest absolute Gasteiger partial charge is 0.385 e. The van der Waals surface area contributed by atoms with Crippen molar-refractivity contribution in [2.45, 2.75) is 33.1 Å². The number of fused-ring (bicyclic) bond motifs is 2. The zero-order chi connectivity index (χ0) is 25.6. The van der Waals surface area contributed by atoms with Crippen molar-refractivity contribution in [3.05, 3.63) is 83.5 Å². The highest BCUT2D eigenvalue weighted by molar-refractivity contribution is 7.99. The van der Waals surface area contributed by atoms with Crippen LogP contribution < -0.4 is 0 Å². The van der Waals surface area contributed by atoms with Gasteiger partial charge in [0, 0.05) is 39.5 Å². The van der Waals surface area contributed by atoms with E-state index in [1.54, 1.807) is 36.5 Å². The van der Waals surface area contributed by atoms with E-state index in [1.807, 2.05) is 36.4 Å². The lowest BCUT2D eigenvalue weighted by Crippen LogP contribution is -2.45. The molecule has 8 nitrogen and oxygen atoms in total. The standard InChI is InChI=1S/C26H21ClN4O4S2/c27-19-7-2-6-18(16-19)26(32)11-14-31(15-12-26)37(33,34)22-10-9-21(24-25(22)30-35-29-24)36-20-8-1-4-17-5-3-13-28-23(17)20/h1-10,13,16,32H,11-12,14-15H2. The molecule has 0 radical (unpaired) electrons. The molecule has 0 saturated carbocycles. The number of hydrogen-bond donors (Lipinski definition) is 1. The zero-order valence-corrected chi connectivity index (χ0v) is 21.8. The Hall–Kier alpha value is -3.02. The molecule has 1 saturated heterocycles. The number of hydrogen-bond acceptors (Lipinski definition) is 8. The molecule has 0 unspecified atom stereocenters. The minimum absolute atomic E-state index is 0.0253. The van der Waals surface area contributed by atoms with Crippen LogP contribution in [0.2, 0.25) is 5.02 Å². The minimum atomic E-state index is -3.91. The molecule has 1 aliphatic rings. The smallest absolute Gasteiger partial charge is 0.245 e. The van der Waals surface area contributed by atoms with E-state index >= 15 is 0 Å². The fourth-order valence-corrected chi connectivity index (χ4v) is 7.46. The maximum Gasteiger partial charge on any atom is 0.245 e. The van der Waals surface area contributed by atoms with Crippen molar-refractivity contribution in [3.63, 3.8) is 0 Å². The van der Waals surface area contributed by atoms with Gasteiger partial charge in [-0.1, -0.05) is 53.7 Å². The number of aliphatic hydroxyl groups is 1. The van der Waals surface area contributed by atoms with Crippen LogP contribution in [0.1, 0.15) is 18.4 Å². The number of rotatable bonds is 5. The van der Waals surface area contributed by atoms with Gasteiger partial charge >= 0.3 is 0 Å². The van der Waals surface area contributed by atoms with Gasteiger partial charge in [-0.3, -0.25) is 4.98 Å². The van der Waals surface area contributed by atoms with Crippen LogP contribution in [-0.2, 0) is 15.6 Å². The van der Waals surface area contributed by atoms with Crippen LogP contribution in [-0.4, -0.2) is 46.2 Å². The summed E-state index contributed by atoms with van der Waals surface area (Å²) >= 11 is 7.53. The third-order valence-electron chi connectivity index (χ3n) is 6.69. The van der Waals surface area contributed by atoms with Gasteiger partial charge in [-0.05, 0) is 65.1 Å². The van der Waals surface area contributed by atoms with Crippen molar-refractivity contribution in [3.8, 4) is 0 Å². The number of benzene rings is 3. The summed E-state index contributed by atoms with van der Waals surface area (Å²) in [5, 5.41) is 20.7. The highest BCUT2D eigenvalue weighted by Gasteiger charge is 2.39. The molecule has 0 atom stereocenters. The van der Waals surface area contributed by atoms with Crippen molar-refractivity contribution in [1.29, 1.82) is 0 Å². The third-order valence-corrected chi connectivity index (χ3v) is 9.95. The number of halogens is 1. The maximum atomic E-state index is 13.6. The summed E-state index contributed by atoms with van der Waals surface area (Å²) < 4.78 is 33.6. The first kappa shape index (κ1) is 24.3. The van der Waals surface area contributed by atoms with Crippen LogP contribution in [0.25, 0.3) is 21.9 Å². The summed E-state index contributed by atoms with van der Waals surface area (Å²) in [4.78, 5) is 6.14. The molecule has 11 heteroatoms. The van der Waals surface area contributed by atoms with Crippen molar-refractivity contribution in [2.75, 3.05) is 13.1 Å². The van der Waals surface area contributed by atoms with Gasteiger partial charge in [0.05, 0.1) is 11.1 Å².